The Kier molecular flexibility index (Phi) is 4.87. The summed E-state index contributed by atoms with van der Waals surface area (Å²) in [4.78, 5) is 0. The second-order valence-corrected chi connectivity index (χ2v) is 7.38. The molecule has 1 aliphatic rings. The van der Waals surface area contributed by atoms with E-state index in [4.69, 9.17) is 0 Å². The third-order valence-electron chi connectivity index (χ3n) is 4.55. The van der Waals surface area contributed by atoms with E-state index < -0.39 is 0 Å². The van der Waals surface area contributed by atoms with E-state index >= 15 is 0 Å². The monoisotopic (exact) mass is 275 g/mol. The standard InChI is InChI=1S/C18H29NO/c1-13-6-5-7-14(10-13)15-11-16(12-15)19-17(8-9-20)18(2,3)4/h5-7,10,15-17,19-20H,8-9,11-12H2,1-4H3. The van der Waals surface area contributed by atoms with Gasteiger partial charge in [-0.25, -0.2) is 0 Å². The zero-order chi connectivity index (χ0) is 14.8. The number of aliphatic hydroxyl groups is 1. The number of aryl methyl sites for hydroxylation is 1. The van der Waals surface area contributed by atoms with Gasteiger partial charge in [0.05, 0.1) is 0 Å². The van der Waals surface area contributed by atoms with E-state index in [1.807, 2.05) is 0 Å². The Morgan fingerprint density at radius 2 is 2.00 bits per heavy atom. The Labute approximate surface area is 123 Å². The SMILES string of the molecule is Cc1cccc(C2CC(NC(CCO)C(C)(C)C)C2)c1. The van der Waals surface area contributed by atoms with Gasteiger partial charge in [0.25, 0.3) is 0 Å². The molecule has 1 saturated carbocycles. The molecule has 1 fully saturated rings. The topological polar surface area (TPSA) is 32.3 Å². The maximum absolute atomic E-state index is 9.22. The van der Waals surface area contributed by atoms with Gasteiger partial charge in [0.2, 0.25) is 0 Å². The molecule has 2 nitrogen and oxygen atoms in total. The summed E-state index contributed by atoms with van der Waals surface area (Å²) in [6.07, 6.45) is 3.29. The van der Waals surface area contributed by atoms with E-state index in [9.17, 15) is 5.11 Å². The molecule has 2 heteroatoms. The third-order valence-corrected chi connectivity index (χ3v) is 4.55. The van der Waals surface area contributed by atoms with Crippen LogP contribution >= 0.6 is 0 Å². The first-order valence-electron chi connectivity index (χ1n) is 7.83. The normalized spacial score (nSPS) is 24.2. The quantitative estimate of drug-likeness (QED) is 0.860. The minimum atomic E-state index is 0.206. The molecule has 1 aromatic rings. The molecule has 0 spiro atoms. The van der Waals surface area contributed by atoms with Gasteiger partial charge in [0.1, 0.15) is 0 Å². The molecule has 0 radical (unpaired) electrons. The number of aliphatic hydroxyl groups excluding tert-OH is 1. The molecule has 2 rings (SSSR count). The Morgan fingerprint density at radius 1 is 1.30 bits per heavy atom. The summed E-state index contributed by atoms with van der Waals surface area (Å²) in [6.45, 7) is 9.17. The van der Waals surface area contributed by atoms with Gasteiger partial charge < -0.3 is 10.4 Å². The molecule has 2 N–H and O–H groups in total. The summed E-state index contributed by atoms with van der Waals surface area (Å²) in [5.41, 5.74) is 3.04. The molecule has 0 saturated heterocycles. The third kappa shape index (κ3) is 3.83. The predicted octanol–water partition coefficient (Wildman–Crippen LogP) is 3.63. The van der Waals surface area contributed by atoms with Crippen LogP contribution in [0.1, 0.15) is 57.1 Å². The first-order chi connectivity index (χ1) is 9.40. The first kappa shape index (κ1) is 15.5. The van der Waals surface area contributed by atoms with Crippen molar-refractivity contribution in [3.8, 4) is 0 Å². The second kappa shape index (κ2) is 6.28. The summed E-state index contributed by atoms with van der Waals surface area (Å²) in [5, 5.41) is 13.0. The van der Waals surface area contributed by atoms with Crippen molar-refractivity contribution in [3.63, 3.8) is 0 Å². The maximum atomic E-state index is 9.22. The highest BCUT2D eigenvalue weighted by molar-refractivity contribution is 5.27. The summed E-state index contributed by atoms with van der Waals surface area (Å²) < 4.78 is 0. The van der Waals surface area contributed by atoms with Gasteiger partial charge in [-0.15, -0.1) is 0 Å². The van der Waals surface area contributed by atoms with Crippen molar-refractivity contribution >= 4 is 0 Å². The molecule has 20 heavy (non-hydrogen) atoms. The fourth-order valence-electron chi connectivity index (χ4n) is 3.13. The fraction of sp³-hybridized carbons (Fsp3) is 0.667. The van der Waals surface area contributed by atoms with Crippen molar-refractivity contribution < 1.29 is 5.11 Å². The average molecular weight is 275 g/mol. The molecule has 1 aromatic carbocycles. The number of hydrogen-bond donors (Lipinski definition) is 2. The largest absolute Gasteiger partial charge is 0.396 e. The molecule has 0 aromatic heterocycles. The van der Waals surface area contributed by atoms with Crippen LogP contribution in [0.25, 0.3) is 0 Å². The van der Waals surface area contributed by atoms with E-state index in [2.05, 4.69) is 57.3 Å². The van der Waals surface area contributed by atoms with E-state index in [0.717, 1.165) is 6.42 Å². The molecular weight excluding hydrogens is 246 g/mol. The van der Waals surface area contributed by atoms with E-state index in [0.29, 0.717) is 18.0 Å². The molecule has 112 valence electrons. The van der Waals surface area contributed by atoms with Crippen LogP contribution < -0.4 is 5.32 Å². The van der Waals surface area contributed by atoms with Crippen LogP contribution in [-0.2, 0) is 0 Å². The molecule has 1 unspecified atom stereocenters. The van der Waals surface area contributed by atoms with Crippen LogP contribution in [0.4, 0.5) is 0 Å². The van der Waals surface area contributed by atoms with E-state index in [1.165, 1.54) is 24.0 Å². The lowest BCUT2D eigenvalue weighted by molar-refractivity contribution is 0.157. The molecule has 0 heterocycles. The molecule has 0 aliphatic heterocycles. The van der Waals surface area contributed by atoms with Crippen molar-refractivity contribution in [3.05, 3.63) is 35.4 Å². The number of benzene rings is 1. The van der Waals surface area contributed by atoms with Crippen LogP contribution in [-0.4, -0.2) is 23.8 Å². The van der Waals surface area contributed by atoms with Gasteiger partial charge in [0.15, 0.2) is 0 Å². The van der Waals surface area contributed by atoms with Gasteiger partial charge in [-0.1, -0.05) is 50.6 Å². The van der Waals surface area contributed by atoms with Crippen molar-refractivity contribution in [2.45, 2.75) is 65.0 Å². The van der Waals surface area contributed by atoms with Crippen LogP contribution in [0.2, 0.25) is 0 Å². The Morgan fingerprint density at radius 3 is 2.55 bits per heavy atom. The summed E-state index contributed by atoms with van der Waals surface area (Å²) in [6, 6.07) is 9.90. The second-order valence-electron chi connectivity index (χ2n) is 7.38. The highest BCUT2D eigenvalue weighted by Crippen LogP contribution is 2.38. The van der Waals surface area contributed by atoms with Gasteiger partial charge in [0, 0.05) is 18.7 Å². The van der Waals surface area contributed by atoms with Crippen molar-refractivity contribution in [2.24, 2.45) is 5.41 Å². The van der Waals surface area contributed by atoms with Crippen molar-refractivity contribution in [1.82, 2.24) is 5.32 Å². The fourth-order valence-corrected chi connectivity index (χ4v) is 3.13. The summed E-state index contributed by atoms with van der Waals surface area (Å²) >= 11 is 0. The van der Waals surface area contributed by atoms with Crippen molar-refractivity contribution in [2.75, 3.05) is 6.61 Å². The smallest absolute Gasteiger partial charge is 0.0446 e. The molecule has 0 amide bonds. The van der Waals surface area contributed by atoms with Gasteiger partial charge in [-0.3, -0.25) is 0 Å². The molecular formula is C18H29NO. The number of rotatable bonds is 5. The number of nitrogens with one attached hydrogen (secondary N) is 1. The van der Waals surface area contributed by atoms with E-state index in [1.54, 1.807) is 0 Å². The average Bonchev–Trinajstić information content (AvgIpc) is 2.30. The zero-order valence-corrected chi connectivity index (χ0v) is 13.3. The summed E-state index contributed by atoms with van der Waals surface area (Å²) in [7, 11) is 0. The Balaban J connectivity index is 1.87. The highest BCUT2D eigenvalue weighted by Gasteiger charge is 2.34. The van der Waals surface area contributed by atoms with Crippen LogP contribution in [0, 0.1) is 12.3 Å². The number of hydrogen-bond acceptors (Lipinski definition) is 2. The van der Waals surface area contributed by atoms with Gasteiger partial charge >= 0.3 is 0 Å². The zero-order valence-electron chi connectivity index (χ0n) is 13.3. The molecule has 1 atom stereocenters. The van der Waals surface area contributed by atoms with Gasteiger partial charge in [-0.05, 0) is 43.1 Å². The minimum absolute atomic E-state index is 0.206. The highest BCUT2D eigenvalue weighted by atomic mass is 16.3. The Bertz CT molecular complexity index is 429. The lowest BCUT2D eigenvalue weighted by Gasteiger charge is -2.42. The molecule has 1 aliphatic carbocycles. The first-order valence-corrected chi connectivity index (χ1v) is 7.83. The lowest BCUT2D eigenvalue weighted by Crippen LogP contribution is -2.50. The maximum Gasteiger partial charge on any atom is 0.0446 e. The van der Waals surface area contributed by atoms with Crippen molar-refractivity contribution in [1.29, 1.82) is 0 Å². The lowest BCUT2D eigenvalue weighted by atomic mass is 9.74. The van der Waals surface area contributed by atoms with Crippen LogP contribution in [0.3, 0.4) is 0 Å². The van der Waals surface area contributed by atoms with Crippen LogP contribution in [0.5, 0.6) is 0 Å². The van der Waals surface area contributed by atoms with E-state index in [-0.39, 0.29) is 12.0 Å². The predicted molar refractivity (Wildman–Crippen MR) is 85.0 cm³/mol. The minimum Gasteiger partial charge on any atom is -0.396 e. The van der Waals surface area contributed by atoms with Gasteiger partial charge in [-0.2, -0.15) is 0 Å². The molecule has 0 bridgehead atoms. The summed E-state index contributed by atoms with van der Waals surface area (Å²) in [5.74, 6) is 0.710. The Hall–Kier alpha value is -0.860. The van der Waals surface area contributed by atoms with Crippen LogP contribution in [0.15, 0.2) is 24.3 Å².